The van der Waals surface area contributed by atoms with Crippen LogP contribution in [0.4, 0.5) is 0 Å². The highest BCUT2D eigenvalue weighted by atomic mass is 15.1. The number of nitrogens with zero attached hydrogens (tertiary/aromatic N) is 2. The van der Waals surface area contributed by atoms with Crippen molar-refractivity contribution in [3.63, 3.8) is 0 Å². The maximum absolute atomic E-state index is 5.79. The van der Waals surface area contributed by atoms with Crippen LogP contribution >= 0.6 is 0 Å². The monoisotopic (exact) mass is 222 g/mol. The molecule has 4 heteroatoms. The summed E-state index contributed by atoms with van der Waals surface area (Å²) in [5.74, 6) is 0. The van der Waals surface area contributed by atoms with Gasteiger partial charge in [0.25, 0.3) is 0 Å². The Morgan fingerprint density at radius 3 is 2.81 bits per heavy atom. The Balaban J connectivity index is 2.78. The fraction of sp³-hybridized carbons (Fsp3) is 0.583. The van der Waals surface area contributed by atoms with Crippen LogP contribution < -0.4 is 11.1 Å². The predicted octanol–water partition coefficient (Wildman–Crippen LogP) is 1.63. The Hall–Kier alpha value is -1.13. The summed E-state index contributed by atoms with van der Waals surface area (Å²) in [7, 11) is 0. The highest BCUT2D eigenvalue weighted by Crippen LogP contribution is 2.16. The van der Waals surface area contributed by atoms with Gasteiger partial charge in [-0.2, -0.15) is 0 Å². The van der Waals surface area contributed by atoms with Crippen molar-refractivity contribution in [1.82, 2.24) is 14.9 Å². The molecular formula is C12H22N4. The SMILES string of the molecule is C=C(C)CNC(CN)c1cncn1C(C)C. The molecular weight excluding hydrogens is 200 g/mol. The molecule has 1 heterocycles. The lowest BCUT2D eigenvalue weighted by atomic mass is 10.2. The minimum absolute atomic E-state index is 0.140. The van der Waals surface area contributed by atoms with Crippen molar-refractivity contribution in [2.45, 2.75) is 32.9 Å². The normalized spacial score (nSPS) is 13.1. The zero-order valence-electron chi connectivity index (χ0n) is 10.4. The maximum atomic E-state index is 5.79. The lowest BCUT2D eigenvalue weighted by Gasteiger charge is -2.20. The van der Waals surface area contributed by atoms with Gasteiger partial charge < -0.3 is 15.6 Å². The molecule has 0 saturated heterocycles. The molecule has 0 fully saturated rings. The minimum Gasteiger partial charge on any atom is -0.331 e. The van der Waals surface area contributed by atoms with E-state index in [0.717, 1.165) is 17.8 Å². The smallest absolute Gasteiger partial charge is 0.0951 e. The van der Waals surface area contributed by atoms with Gasteiger partial charge in [-0.3, -0.25) is 0 Å². The zero-order valence-corrected chi connectivity index (χ0v) is 10.4. The third-order valence-corrected chi connectivity index (χ3v) is 2.50. The van der Waals surface area contributed by atoms with E-state index in [0.29, 0.717) is 12.6 Å². The molecule has 1 atom stereocenters. The molecule has 4 nitrogen and oxygen atoms in total. The minimum atomic E-state index is 0.140. The van der Waals surface area contributed by atoms with Gasteiger partial charge in [-0.25, -0.2) is 4.98 Å². The van der Waals surface area contributed by atoms with Gasteiger partial charge in [-0.15, -0.1) is 0 Å². The van der Waals surface area contributed by atoms with Gasteiger partial charge >= 0.3 is 0 Å². The zero-order chi connectivity index (χ0) is 12.1. The molecule has 1 aromatic rings. The molecule has 1 unspecified atom stereocenters. The van der Waals surface area contributed by atoms with E-state index >= 15 is 0 Å². The van der Waals surface area contributed by atoms with Crippen LogP contribution in [-0.4, -0.2) is 22.6 Å². The molecule has 1 rings (SSSR count). The first-order chi connectivity index (χ1) is 7.56. The Bertz CT molecular complexity index is 341. The van der Waals surface area contributed by atoms with Crippen LogP contribution in [0.15, 0.2) is 24.7 Å². The van der Waals surface area contributed by atoms with E-state index in [-0.39, 0.29) is 6.04 Å². The van der Waals surface area contributed by atoms with E-state index in [1.807, 2.05) is 19.4 Å². The van der Waals surface area contributed by atoms with E-state index in [1.54, 1.807) is 0 Å². The van der Waals surface area contributed by atoms with Gasteiger partial charge in [0.05, 0.1) is 18.1 Å². The second-order valence-electron chi connectivity index (χ2n) is 4.45. The van der Waals surface area contributed by atoms with Gasteiger partial charge in [0.15, 0.2) is 0 Å². The summed E-state index contributed by atoms with van der Waals surface area (Å²) >= 11 is 0. The third-order valence-electron chi connectivity index (χ3n) is 2.50. The van der Waals surface area contributed by atoms with Gasteiger partial charge in [0.1, 0.15) is 0 Å². The van der Waals surface area contributed by atoms with Crippen molar-refractivity contribution in [3.8, 4) is 0 Å². The molecule has 0 aliphatic heterocycles. The molecule has 0 aromatic carbocycles. The lowest BCUT2D eigenvalue weighted by Crippen LogP contribution is -2.31. The van der Waals surface area contributed by atoms with Crippen molar-refractivity contribution >= 4 is 0 Å². The summed E-state index contributed by atoms with van der Waals surface area (Å²) < 4.78 is 2.14. The Kier molecular flexibility index (Phi) is 4.71. The van der Waals surface area contributed by atoms with Crippen molar-refractivity contribution in [2.24, 2.45) is 5.73 Å². The molecule has 1 aromatic heterocycles. The number of imidazole rings is 1. The van der Waals surface area contributed by atoms with Crippen LogP contribution in [0.25, 0.3) is 0 Å². The van der Waals surface area contributed by atoms with Gasteiger partial charge in [-0.05, 0) is 20.8 Å². The first kappa shape index (κ1) is 12.9. The van der Waals surface area contributed by atoms with Crippen LogP contribution in [0.1, 0.15) is 38.5 Å². The molecule has 16 heavy (non-hydrogen) atoms. The fourth-order valence-electron chi connectivity index (χ4n) is 1.62. The van der Waals surface area contributed by atoms with E-state index in [9.17, 15) is 0 Å². The maximum Gasteiger partial charge on any atom is 0.0951 e. The van der Waals surface area contributed by atoms with E-state index < -0.39 is 0 Å². The summed E-state index contributed by atoms with van der Waals surface area (Å²) in [6.45, 7) is 11.5. The molecule has 0 saturated carbocycles. The van der Waals surface area contributed by atoms with Crippen LogP contribution in [-0.2, 0) is 0 Å². The quantitative estimate of drug-likeness (QED) is 0.719. The highest BCUT2D eigenvalue weighted by Gasteiger charge is 2.15. The Morgan fingerprint density at radius 2 is 2.31 bits per heavy atom. The second-order valence-corrected chi connectivity index (χ2v) is 4.45. The highest BCUT2D eigenvalue weighted by molar-refractivity contribution is 5.08. The molecule has 0 aliphatic rings. The number of nitrogens with two attached hydrogens (primary N) is 1. The summed E-state index contributed by atoms with van der Waals surface area (Å²) in [6, 6.07) is 0.541. The Morgan fingerprint density at radius 1 is 1.62 bits per heavy atom. The fourth-order valence-corrected chi connectivity index (χ4v) is 1.62. The van der Waals surface area contributed by atoms with E-state index in [4.69, 9.17) is 5.73 Å². The number of hydrogen-bond donors (Lipinski definition) is 2. The van der Waals surface area contributed by atoms with Crippen molar-refractivity contribution in [2.75, 3.05) is 13.1 Å². The summed E-state index contributed by atoms with van der Waals surface area (Å²) in [5.41, 5.74) is 8.03. The van der Waals surface area contributed by atoms with E-state index in [1.165, 1.54) is 0 Å². The van der Waals surface area contributed by atoms with Crippen LogP contribution in [0, 0.1) is 0 Å². The predicted molar refractivity (Wildman–Crippen MR) is 67.2 cm³/mol. The van der Waals surface area contributed by atoms with E-state index in [2.05, 4.69) is 35.3 Å². The molecule has 0 spiro atoms. The van der Waals surface area contributed by atoms with Crippen LogP contribution in [0.2, 0.25) is 0 Å². The summed E-state index contributed by atoms with van der Waals surface area (Å²) in [4.78, 5) is 4.18. The first-order valence-corrected chi connectivity index (χ1v) is 5.65. The largest absolute Gasteiger partial charge is 0.331 e. The van der Waals surface area contributed by atoms with Crippen molar-refractivity contribution in [1.29, 1.82) is 0 Å². The summed E-state index contributed by atoms with van der Waals surface area (Å²) in [6.07, 6.45) is 3.73. The number of nitrogens with one attached hydrogen (secondary N) is 1. The van der Waals surface area contributed by atoms with Crippen LogP contribution in [0.5, 0.6) is 0 Å². The molecule has 0 aliphatic carbocycles. The van der Waals surface area contributed by atoms with Gasteiger partial charge in [0, 0.05) is 25.3 Å². The molecule has 0 bridgehead atoms. The average molecular weight is 222 g/mol. The second kappa shape index (κ2) is 5.82. The van der Waals surface area contributed by atoms with Crippen molar-refractivity contribution in [3.05, 3.63) is 30.4 Å². The molecule has 90 valence electrons. The van der Waals surface area contributed by atoms with Crippen molar-refractivity contribution < 1.29 is 0 Å². The third kappa shape index (κ3) is 3.18. The van der Waals surface area contributed by atoms with Gasteiger partial charge in [-0.1, -0.05) is 12.2 Å². The number of hydrogen-bond acceptors (Lipinski definition) is 3. The van der Waals surface area contributed by atoms with Gasteiger partial charge in [0.2, 0.25) is 0 Å². The summed E-state index contributed by atoms with van der Waals surface area (Å²) in [5, 5.41) is 3.38. The molecule has 0 amide bonds. The first-order valence-electron chi connectivity index (χ1n) is 5.65. The topological polar surface area (TPSA) is 55.9 Å². The average Bonchev–Trinajstić information content (AvgIpc) is 2.67. The molecule has 3 N–H and O–H groups in total. The number of rotatable bonds is 6. The van der Waals surface area contributed by atoms with Crippen LogP contribution in [0.3, 0.4) is 0 Å². The lowest BCUT2D eigenvalue weighted by molar-refractivity contribution is 0.492. The standard InChI is InChI=1S/C12H22N4/c1-9(2)6-15-11(5-13)12-7-14-8-16(12)10(3)4/h7-8,10-11,15H,1,5-6,13H2,2-4H3. The Labute approximate surface area is 97.6 Å². The number of aromatic nitrogens is 2. The molecule has 0 radical (unpaired) electrons.